The number of rotatable bonds is 2. The van der Waals surface area contributed by atoms with Gasteiger partial charge in [-0.15, -0.1) is 0 Å². The van der Waals surface area contributed by atoms with E-state index in [-0.39, 0.29) is 34.1 Å². The molecule has 1 heterocycles. The Labute approximate surface area is 193 Å². The van der Waals surface area contributed by atoms with E-state index in [9.17, 15) is 0 Å². The predicted octanol–water partition coefficient (Wildman–Crippen LogP) is 5.98. The molecule has 136 valence electrons. The van der Waals surface area contributed by atoms with Gasteiger partial charge in [0.25, 0.3) is 0 Å². The van der Waals surface area contributed by atoms with Crippen LogP contribution in [0.15, 0.2) is 54.6 Å². The first-order valence-corrected chi connectivity index (χ1v) is 11.0. The molecular weight excluding hydrogens is 434 g/mol. The van der Waals surface area contributed by atoms with Crippen molar-refractivity contribution in [2.45, 2.75) is 12.3 Å². The second kappa shape index (κ2) is 14.7. The SMILES string of the molecule is [CH]1[CH][CH][CH][CH]1.[CH]1[CH][CH][CH][CH]1.[Zr+4].[c-]1ccccc1C1[CH-]P(c2ccccc2)CC1. The zero-order chi connectivity index (χ0) is 18.6. The maximum Gasteiger partial charge on any atom is 4.00 e. The first-order valence-electron chi connectivity index (χ1n) is 9.40. The Kier molecular flexibility index (Phi) is 12.6. The first-order chi connectivity index (χ1) is 13.4. The van der Waals surface area contributed by atoms with Crippen molar-refractivity contribution in [3.05, 3.63) is 137 Å². The summed E-state index contributed by atoms with van der Waals surface area (Å²) in [6.45, 7) is 0. The second-order valence-electron chi connectivity index (χ2n) is 6.32. The minimum absolute atomic E-state index is 0. The molecule has 0 spiro atoms. The van der Waals surface area contributed by atoms with Crippen LogP contribution in [0.25, 0.3) is 0 Å². The van der Waals surface area contributed by atoms with Crippen molar-refractivity contribution in [3.63, 3.8) is 0 Å². The van der Waals surface area contributed by atoms with Crippen LogP contribution in [0.4, 0.5) is 0 Å². The summed E-state index contributed by atoms with van der Waals surface area (Å²) in [4.78, 5) is 0. The Morgan fingerprint density at radius 3 is 1.75 bits per heavy atom. The number of hydrogen-bond donors (Lipinski definition) is 0. The summed E-state index contributed by atoms with van der Waals surface area (Å²) in [6.07, 6.45) is 25.2. The van der Waals surface area contributed by atoms with E-state index >= 15 is 0 Å². The molecule has 2 saturated carbocycles. The molecule has 0 aromatic heterocycles. The fraction of sp³-hybridized carbons (Fsp3) is 0.115. The van der Waals surface area contributed by atoms with E-state index in [0.717, 1.165) is 0 Å². The van der Waals surface area contributed by atoms with E-state index in [1.165, 1.54) is 23.5 Å². The Bertz CT molecular complexity index is 534. The molecule has 2 unspecified atom stereocenters. The summed E-state index contributed by atoms with van der Waals surface area (Å²) in [6, 6.07) is 22.6. The first kappa shape index (κ1) is 24.0. The quantitative estimate of drug-likeness (QED) is 0.383. The molecule has 1 saturated heterocycles. The Morgan fingerprint density at radius 2 is 1.25 bits per heavy atom. The molecular formula is C26H25PZr+2. The average Bonchev–Trinajstić information content (AvgIpc) is 3.55. The molecule has 28 heavy (non-hydrogen) atoms. The van der Waals surface area contributed by atoms with E-state index in [1.54, 1.807) is 0 Å². The fourth-order valence-electron chi connectivity index (χ4n) is 2.99. The van der Waals surface area contributed by atoms with Crippen LogP contribution in [-0.2, 0) is 26.2 Å². The molecule has 3 fully saturated rings. The van der Waals surface area contributed by atoms with Crippen LogP contribution in [0.3, 0.4) is 0 Å². The summed E-state index contributed by atoms with van der Waals surface area (Å²) in [5.41, 5.74) is 1.36. The van der Waals surface area contributed by atoms with Gasteiger partial charge in [0.05, 0.1) is 0 Å². The van der Waals surface area contributed by atoms with Gasteiger partial charge in [-0.3, -0.25) is 6.16 Å². The minimum atomic E-state index is -0.0482. The normalized spacial score (nSPS) is 23.0. The van der Waals surface area contributed by atoms with Crippen LogP contribution in [0.1, 0.15) is 17.9 Å². The van der Waals surface area contributed by atoms with E-state index in [1.807, 2.05) is 76.3 Å². The van der Waals surface area contributed by atoms with Gasteiger partial charge in [0.2, 0.25) is 0 Å². The van der Waals surface area contributed by atoms with Gasteiger partial charge in [0.1, 0.15) is 0 Å². The fourth-order valence-corrected chi connectivity index (χ4v) is 5.43. The molecule has 0 amide bonds. The van der Waals surface area contributed by atoms with Gasteiger partial charge in [-0.05, 0) is 64.2 Å². The average molecular weight is 460 g/mol. The van der Waals surface area contributed by atoms with Crippen LogP contribution in [0.5, 0.6) is 0 Å². The van der Waals surface area contributed by atoms with Crippen LogP contribution in [0.2, 0.25) is 0 Å². The molecule has 10 radical (unpaired) electrons. The predicted molar refractivity (Wildman–Crippen MR) is 118 cm³/mol. The standard InChI is InChI=1S/C16H15P.2C5H5.Zr/c1-3-7-14(8-4-1)15-11-12-17(13-15)16-9-5-2-6-10-16;2*1-2-4-5-3-1;/h1-7,9-10,13,15H,11-12H2;2*1-5H;/q-2;;;+4. The molecule has 1 aliphatic heterocycles. The van der Waals surface area contributed by atoms with Crippen LogP contribution in [-0.4, -0.2) is 6.16 Å². The van der Waals surface area contributed by atoms with Crippen molar-refractivity contribution in [1.82, 2.24) is 0 Å². The van der Waals surface area contributed by atoms with Gasteiger partial charge >= 0.3 is 26.2 Å². The van der Waals surface area contributed by atoms with Gasteiger partial charge in [0, 0.05) is 0 Å². The molecule has 3 aliphatic rings. The zero-order valence-corrected chi connectivity index (χ0v) is 19.3. The second-order valence-corrected chi connectivity index (χ2v) is 8.52. The third-order valence-corrected chi connectivity index (χ3v) is 6.79. The minimum Gasteiger partial charge on any atom is -0.293 e. The molecule has 2 heteroatoms. The maximum atomic E-state index is 3.36. The van der Waals surface area contributed by atoms with Crippen molar-refractivity contribution in [2.24, 2.45) is 0 Å². The number of hydrogen-bond acceptors (Lipinski definition) is 0. The summed E-state index contributed by atoms with van der Waals surface area (Å²) in [7, 11) is -0.0482. The molecule has 2 aromatic carbocycles. The van der Waals surface area contributed by atoms with E-state index in [0.29, 0.717) is 5.92 Å². The molecule has 5 rings (SSSR count). The topological polar surface area (TPSA) is 0 Å². The smallest absolute Gasteiger partial charge is 0.293 e. The summed E-state index contributed by atoms with van der Waals surface area (Å²) < 4.78 is 0. The monoisotopic (exact) mass is 458 g/mol. The Hall–Kier alpha value is -0.247. The molecule has 0 nitrogen and oxygen atoms in total. The molecule has 0 N–H and O–H groups in total. The van der Waals surface area contributed by atoms with Gasteiger partial charge < -0.3 is 0 Å². The van der Waals surface area contributed by atoms with Crippen molar-refractivity contribution in [1.29, 1.82) is 0 Å². The van der Waals surface area contributed by atoms with Crippen LogP contribution in [0, 0.1) is 76.4 Å². The van der Waals surface area contributed by atoms with Crippen molar-refractivity contribution >= 4 is 13.2 Å². The Balaban J connectivity index is 0.000000209. The molecule has 0 bridgehead atoms. The molecule has 2 aliphatic carbocycles. The van der Waals surface area contributed by atoms with E-state index in [2.05, 4.69) is 54.7 Å². The van der Waals surface area contributed by atoms with Crippen molar-refractivity contribution in [3.8, 4) is 0 Å². The summed E-state index contributed by atoms with van der Waals surface area (Å²) >= 11 is 0. The van der Waals surface area contributed by atoms with Gasteiger partial charge in [0.15, 0.2) is 0 Å². The largest absolute Gasteiger partial charge is 4.00 e. The molecule has 2 atom stereocenters. The molecule has 2 aromatic rings. The van der Waals surface area contributed by atoms with Crippen molar-refractivity contribution < 1.29 is 26.2 Å². The van der Waals surface area contributed by atoms with E-state index < -0.39 is 0 Å². The van der Waals surface area contributed by atoms with Gasteiger partial charge in [-0.1, -0.05) is 48.2 Å². The number of benzene rings is 2. The van der Waals surface area contributed by atoms with Gasteiger partial charge in [-0.2, -0.15) is 41.8 Å². The van der Waals surface area contributed by atoms with Crippen LogP contribution >= 0.6 is 7.92 Å². The summed E-state index contributed by atoms with van der Waals surface area (Å²) in [5, 5.41) is 1.51. The third-order valence-electron chi connectivity index (χ3n) is 4.37. The zero-order valence-electron chi connectivity index (χ0n) is 16.0. The maximum absolute atomic E-state index is 3.36. The van der Waals surface area contributed by atoms with Gasteiger partial charge in [-0.25, -0.2) is 7.92 Å². The third kappa shape index (κ3) is 8.63. The van der Waals surface area contributed by atoms with Crippen LogP contribution < -0.4 is 5.30 Å². The van der Waals surface area contributed by atoms with E-state index in [4.69, 9.17) is 0 Å². The Morgan fingerprint density at radius 1 is 0.714 bits per heavy atom. The van der Waals surface area contributed by atoms with Crippen molar-refractivity contribution in [2.75, 3.05) is 6.16 Å². The summed E-state index contributed by atoms with van der Waals surface area (Å²) in [5.74, 6) is 0.613.